The fraction of sp³-hybridized carbons (Fsp3) is 0.167. The SMILES string of the molecule is C=CCN(CC=C)B(Cl)c1ccccc1. The van der Waals surface area contributed by atoms with E-state index in [-0.39, 0.29) is 6.26 Å². The Labute approximate surface area is 97.1 Å². The van der Waals surface area contributed by atoms with Gasteiger partial charge in [0.25, 0.3) is 0 Å². The Morgan fingerprint density at radius 3 is 2.13 bits per heavy atom. The van der Waals surface area contributed by atoms with Crippen LogP contribution in [-0.4, -0.2) is 24.2 Å². The van der Waals surface area contributed by atoms with Crippen LogP contribution in [0.15, 0.2) is 55.6 Å². The highest BCUT2D eigenvalue weighted by atomic mass is 35.5. The van der Waals surface area contributed by atoms with Crippen LogP contribution in [0, 0.1) is 0 Å². The van der Waals surface area contributed by atoms with Gasteiger partial charge >= 0.3 is 6.26 Å². The van der Waals surface area contributed by atoms with E-state index in [0.717, 1.165) is 18.6 Å². The first kappa shape index (κ1) is 12.1. The van der Waals surface area contributed by atoms with E-state index in [9.17, 15) is 0 Å². The van der Waals surface area contributed by atoms with Crippen molar-refractivity contribution in [2.75, 3.05) is 13.1 Å². The third kappa shape index (κ3) is 3.58. The summed E-state index contributed by atoms with van der Waals surface area (Å²) in [7, 11) is 0. The van der Waals surface area contributed by atoms with Gasteiger partial charge in [0.15, 0.2) is 0 Å². The van der Waals surface area contributed by atoms with Gasteiger partial charge in [-0.1, -0.05) is 42.5 Å². The normalized spacial score (nSPS) is 10.0. The Kier molecular flexibility index (Phi) is 5.23. The highest BCUT2D eigenvalue weighted by Gasteiger charge is 2.20. The monoisotopic (exact) mass is 219 g/mol. The summed E-state index contributed by atoms with van der Waals surface area (Å²) in [6.45, 7) is 8.97. The van der Waals surface area contributed by atoms with Crippen LogP contribution in [0.25, 0.3) is 0 Å². The van der Waals surface area contributed by atoms with E-state index in [4.69, 9.17) is 11.5 Å². The second kappa shape index (κ2) is 6.49. The molecule has 0 fully saturated rings. The molecule has 1 nitrogen and oxygen atoms in total. The maximum absolute atomic E-state index is 6.36. The van der Waals surface area contributed by atoms with Gasteiger partial charge in [0.1, 0.15) is 0 Å². The van der Waals surface area contributed by atoms with Crippen molar-refractivity contribution in [3.8, 4) is 0 Å². The summed E-state index contributed by atoms with van der Waals surface area (Å²) in [5, 5.41) is 0. The van der Waals surface area contributed by atoms with Crippen LogP contribution in [0.4, 0.5) is 0 Å². The van der Waals surface area contributed by atoms with Crippen LogP contribution >= 0.6 is 11.5 Å². The molecular weight excluding hydrogens is 204 g/mol. The number of nitrogens with zero attached hydrogens (tertiary/aromatic N) is 1. The molecule has 0 heterocycles. The third-order valence-electron chi connectivity index (χ3n) is 2.12. The van der Waals surface area contributed by atoms with Crippen LogP contribution < -0.4 is 5.46 Å². The van der Waals surface area contributed by atoms with Crippen molar-refractivity contribution in [3.63, 3.8) is 0 Å². The zero-order valence-electron chi connectivity index (χ0n) is 8.77. The van der Waals surface area contributed by atoms with Crippen LogP contribution in [0.5, 0.6) is 0 Å². The van der Waals surface area contributed by atoms with Gasteiger partial charge in [-0.2, -0.15) is 11.5 Å². The number of benzene rings is 1. The summed E-state index contributed by atoms with van der Waals surface area (Å²) >= 11 is 6.36. The van der Waals surface area contributed by atoms with Gasteiger partial charge in [-0.25, -0.2) is 0 Å². The molecule has 0 saturated heterocycles. The molecule has 1 aromatic rings. The Morgan fingerprint density at radius 2 is 1.67 bits per heavy atom. The standard InChI is InChI=1S/C12H15BClN/c1-3-10-15(11-4-2)13(14)12-8-6-5-7-9-12/h3-9H,1-2,10-11H2. The van der Waals surface area contributed by atoms with Crippen molar-refractivity contribution in [3.05, 3.63) is 55.6 Å². The molecule has 1 aromatic carbocycles. The Hall–Kier alpha value is -0.985. The molecule has 0 radical (unpaired) electrons. The summed E-state index contributed by atoms with van der Waals surface area (Å²) in [4.78, 5) is 2.09. The molecule has 0 unspecified atom stereocenters. The van der Waals surface area contributed by atoms with Gasteiger partial charge in [-0.3, -0.25) is 0 Å². The number of hydrogen-bond donors (Lipinski definition) is 0. The smallest absolute Gasteiger partial charge is 0.318 e. The molecule has 0 aliphatic heterocycles. The molecule has 0 aromatic heterocycles. The van der Waals surface area contributed by atoms with Crippen LogP contribution in [-0.2, 0) is 0 Å². The molecule has 0 amide bonds. The Bertz CT molecular complexity index is 303. The number of rotatable bonds is 6. The molecule has 0 bridgehead atoms. The zero-order chi connectivity index (χ0) is 11.1. The van der Waals surface area contributed by atoms with E-state index in [1.807, 2.05) is 42.5 Å². The van der Waals surface area contributed by atoms with Crippen molar-refractivity contribution in [1.82, 2.24) is 4.81 Å². The Morgan fingerprint density at radius 1 is 1.13 bits per heavy atom. The van der Waals surface area contributed by atoms with E-state index in [1.54, 1.807) is 0 Å². The van der Waals surface area contributed by atoms with Crippen LogP contribution in [0.2, 0.25) is 0 Å². The highest BCUT2D eigenvalue weighted by Crippen LogP contribution is 2.01. The molecule has 0 aliphatic rings. The van der Waals surface area contributed by atoms with E-state index < -0.39 is 0 Å². The van der Waals surface area contributed by atoms with Gasteiger partial charge in [0.05, 0.1) is 0 Å². The average molecular weight is 220 g/mol. The first-order valence-electron chi connectivity index (χ1n) is 4.94. The lowest BCUT2D eigenvalue weighted by atomic mass is 9.78. The summed E-state index contributed by atoms with van der Waals surface area (Å²) < 4.78 is 0. The predicted octanol–water partition coefficient (Wildman–Crippen LogP) is 2.29. The molecule has 1 rings (SSSR count). The van der Waals surface area contributed by atoms with Gasteiger partial charge in [0.2, 0.25) is 0 Å². The molecule has 0 spiro atoms. The predicted molar refractivity (Wildman–Crippen MR) is 69.7 cm³/mol. The van der Waals surface area contributed by atoms with Crippen molar-refractivity contribution < 1.29 is 0 Å². The van der Waals surface area contributed by atoms with Gasteiger partial charge in [-0.05, 0) is 5.46 Å². The molecule has 0 atom stereocenters. The molecule has 0 saturated carbocycles. The zero-order valence-corrected chi connectivity index (χ0v) is 9.53. The van der Waals surface area contributed by atoms with Crippen LogP contribution in [0.3, 0.4) is 0 Å². The Balaban J connectivity index is 2.75. The van der Waals surface area contributed by atoms with Crippen molar-refractivity contribution >= 4 is 23.2 Å². The van der Waals surface area contributed by atoms with Crippen molar-refractivity contribution in [1.29, 1.82) is 0 Å². The molecular formula is C12H15BClN. The quantitative estimate of drug-likeness (QED) is 0.524. The summed E-state index contributed by atoms with van der Waals surface area (Å²) in [5.41, 5.74) is 1.10. The second-order valence-corrected chi connectivity index (χ2v) is 3.69. The second-order valence-electron chi connectivity index (χ2n) is 3.28. The maximum Gasteiger partial charge on any atom is 0.365 e. The number of halogens is 1. The molecule has 3 heteroatoms. The fourth-order valence-corrected chi connectivity index (χ4v) is 1.72. The van der Waals surface area contributed by atoms with E-state index >= 15 is 0 Å². The largest absolute Gasteiger partial charge is 0.365 e. The molecule has 78 valence electrons. The van der Waals surface area contributed by atoms with Crippen molar-refractivity contribution in [2.24, 2.45) is 0 Å². The molecule has 15 heavy (non-hydrogen) atoms. The van der Waals surface area contributed by atoms with E-state index in [0.29, 0.717) is 0 Å². The minimum absolute atomic E-state index is 0.123. The van der Waals surface area contributed by atoms with Gasteiger partial charge in [-0.15, -0.1) is 13.2 Å². The minimum atomic E-state index is -0.123. The molecule has 0 N–H and O–H groups in total. The third-order valence-corrected chi connectivity index (χ3v) is 2.65. The maximum atomic E-state index is 6.36. The highest BCUT2D eigenvalue weighted by molar-refractivity contribution is 7.12. The number of hydrogen-bond acceptors (Lipinski definition) is 1. The molecule has 0 aliphatic carbocycles. The van der Waals surface area contributed by atoms with E-state index in [2.05, 4.69) is 18.0 Å². The lowest BCUT2D eigenvalue weighted by Gasteiger charge is -2.22. The first-order chi connectivity index (χ1) is 7.29. The van der Waals surface area contributed by atoms with Gasteiger partial charge in [0, 0.05) is 13.1 Å². The van der Waals surface area contributed by atoms with E-state index in [1.165, 1.54) is 0 Å². The van der Waals surface area contributed by atoms with Crippen molar-refractivity contribution in [2.45, 2.75) is 0 Å². The average Bonchev–Trinajstić information content (AvgIpc) is 2.29. The summed E-state index contributed by atoms with van der Waals surface area (Å²) in [6, 6.07) is 10.0. The van der Waals surface area contributed by atoms with Crippen LogP contribution in [0.1, 0.15) is 0 Å². The first-order valence-corrected chi connectivity index (χ1v) is 5.38. The topological polar surface area (TPSA) is 3.24 Å². The minimum Gasteiger partial charge on any atom is -0.318 e. The lowest BCUT2D eigenvalue weighted by molar-refractivity contribution is 0.546. The summed E-state index contributed by atoms with van der Waals surface area (Å²) in [6.07, 6.45) is 3.58. The lowest BCUT2D eigenvalue weighted by Crippen LogP contribution is -2.44. The fourth-order valence-electron chi connectivity index (χ4n) is 1.41. The summed E-state index contributed by atoms with van der Waals surface area (Å²) in [5.74, 6) is 0. The van der Waals surface area contributed by atoms with Gasteiger partial charge < -0.3 is 4.81 Å².